The lowest BCUT2D eigenvalue weighted by molar-refractivity contribution is -0.147. The molecule has 0 unspecified atom stereocenters. The van der Waals surface area contributed by atoms with Crippen molar-refractivity contribution in [1.82, 2.24) is 0 Å². The number of anilines is 1. The van der Waals surface area contributed by atoms with E-state index in [0.29, 0.717) is 41.0 Å². The van der Waals surface area contributed by atoms with Crippen LogP contribution >= 0.6 is 0 Å². The fourth-order valence-corrected chi connectivity index (χ4v) is 4.72. The second kappa shape index (κ2) is 10.5. The molecule has 2 N–H and O–H groups in total. The molecule has 1 aliphatic carbocycles. The molecule has 1 aromatic heterocycles. The maximum atomic E-state index is 14.8. The number of furan rings is 1. The normalized spacial score (nSPS) is 14.3. The molecule has 0 bridgehead atoms. The van der Waals surface area contributed by atoms with Gasteiger partial charge in [-0.05, 0) is 47.9 Å². The minimum absolute atomic E-state index is 0.0864. The molecular weight excluding hydrogens is 525 g/mol. The van der Waals surface area contributed by atoms with Gasteiger partial charge < -0.3 is 19.0 Å². The van der Waals surface area contributed by atoms with Crippen LogP contribution in [-0.2, 0) is 9.53 Å². The Hall–Kier alpha value is -5.11. The third-order valence-electron chi connectivity index (χ3n) is 7.19. The van der Waals surface area contributed by atoms with Crippen LogP contribution in [0.5, 0.6) is 5.75 Å². The first-order valence-electron chi connectivity index (χ1n) is 13.2. The van der Waals surface area contributed by atoms with Crippen molar-refractivity contribution in [2.45, 2.75) is 31.5 Å². The van der Waals surface area contributed by atoms with Gasteiger partial charge in [0.1, 0.15) is 11.7 Å². The van der Waals surface area contributed by atoms with Gasteiger partial charge in [0.25, 0.3) is 0 Å². The summed E-state index contributed by atoms with van der Waals surface area (Å²) in [6.07, 6.45) is -0.353. The van der Waals surface area contributed by atoms with E-state index in [-0.39, 0.29) is 5.75 Å². The predicted octanol–water partition coefficient (Wildman–Crippen LogP) is 8.21. The van der Waals surface area contributed by atoms with Crippen LogP contribution in [0.2, 0.25) is 0 Å². The zero-order chi connectivity index (χ0) is 28.6. The first kappa shape index (κ1) is 26.1. The van der Waals surface area contributed by atoms with E-state index in [9.17, 15) is 19.1 Å². The molecule has 1 heterocycles. The largest absolute Gasteiger partial charge is 0.478 e. The molecule has 6 rings (SSSR count). The summed E-state index contributed by atoms with van der Waals surface area (Å²) in [5, 5.41) is 12.9. The molecule has 1 fully saturated rings. The van der Waals surface area contributed by atoms with Crippen LogP contribution in [0.15, 0.2) is 101 Å². The molecular formula is C33H26FNO6. The Labute approximate surface area is 235 Å². The topological polar surface area (TPSA) is 98.0 Å². The summed E-state index contributed by atoms with van der Waals surface area (Å²) >= 11 is 0. The Balaban J connectivity index is 1.24. The smallest absolute Gasteiger partial charge is 0.412 e. The van der Waals surface area contributed by atoms with Crippen LogP contribution in [0.4, 0.5) is 14.9 Å². The van der Waals surface area contributed by atoms with Crippen molar-refractivity contribution >= 4 is 28.7 Å². The number of halogens is 1. The molecule has 41 heavy (non-hydrogen) atoms. The summed E-state index contributed by atoms with van der Waals surface area (Å²) < 4.78 is 32.0. The highest BCUT2D eigenvalue weighted by molar-refractivity contribution is 6.05. The van der Waals surface area contributed by atoms with E-state index in [4.69, 9.17) is 13.9 Å². The zero-order valence-corrected chi connectivity index (χ0v) is 22.1. The number of amides is 1. The van der Waals surface area contributed by atoms with Gasteiger partial charge in [-0.3, -0.25) is 5.32 Å². The number of carboxylic acids is 1. The van der Waals surface area contributed by atoms with Crippen LogP contribution in [0, 0.1) is 5.82 Å². The average Bonchev–Trinajstić information content (AvgIpc) is 3.69. The monoisotopic (exact) mass is 551 g/mol. The van der Waals surface area contributed by atoms with E-state index in [1.807, 2.05) is 78.9 Å². The number of carbonyl (C=O) groups excluding carboxylic acids is 1. The lowest BCUT2D eigenvalue weighted by atomic mass is 10.0. The molecule has 1 aliphatic rings. The number of aliphatic carboxylic acids is 1. The molecule has 0 aliphatic heterocycles. The van der Waals surface area contributed by atoms with Crippen molar-refractivity contribution in [1.29, 1.82) is 0 Å². The van der Waals surface area contributed by atoms with Crippen LogP contribution < -0.4 is 10.1 Å². The third-order valence-corrected chi connectivity index (χ3v) is 7.19. The van der Waals surface area contributed by atoms with Gasteiger partial charge in [-0.25, -0.2) is 14.0 Å². The highest BCUT2D eigenvalue weighted by atomic mass is 19.1. The van der Waals surface area contributed by atoms with Gasteiger partial charge >= 0.3 is 12.1 Å². The quantitative estimate of drug-likeness (QED) is 0.202. The van der Waals surface area contributed by atoms with Crippen molar-refractivity contribution in [3.05, 3.63) is 108 Å². The number of fused-ring (bicyclic) bond motifs is 1. The van der Waals surface area contributed by atoms with Gasteiger partial charge in [-0.2, -0.15) is 0 Å². The van der Waals surface area contributed by atoms with E-state index in [1.165, 1.54) is 12.1 Å². The van der Waals surface area contributed by atoms with Crippen molar-refractivity contribution in [2.75, 3.05) is 5.32 Å². The molecule has 5 aromatic rings. The van der Waals surface area contributed by atoms with E-state index in [1.54, 1.807) is 13.0 Å². The van der Waals surface area contributed by atoms with Crippen molar-refractivity contribution < 1.29 is 33.0 Å². The SMILES string of the molecule is C[C@@H](OC(=O)Nc1c(-c2ccc(-c3ccc(OC4(C(=O)O)CC4)c(F)c3)cc2)oc2ccccc12)c1ccccc1. The van der Waals surface area contributed by atoms with Gasteiger partial charge in [0.05, 0.1) is 5.69 Å². The maximum absolute atomic E-state index is 14.8. The Morgan fingerprint density at radius 3 is 2.24 bits per heavy atom. The first-order valence-corrected chi connectivity index (χ1v) is 13.2. The first-order chi connectivity index (χ1) is 19.8. The van der Waals surface area contributed by atoms with Gasteiger partial charge in [0.2, 0.25) is 5.60 Å². The number of benzene rings is 4. The Bertz CT molecular complexity index is 1740. The highest BCUT2D eigenvalue weighted by Gasteiger charge is 2.53. The van der Waals surface area contributed by atoms with Crippen LogP contribution in [0.1, 0.15) is 31.4 Å². The number of carboxylic acid groups (broad SMARTS) is 1. The van der Waals surface area contributed by atoms with Gasteiger partial charge in [-0.15, -0.1) is 0 Å². The maximum Gasteiger partial charge on any atom is 0.412 e. The van der Waals surface area contributed by atoms with Crippen LogP contribution in [0.25, 0.3) is 33.4 Å². The lowest BCUT2D eigenvalue weighted by Gasteiger charge is -2.15. The highest BCUT2D eigenvalue weighted by Crippen LogP contribution is 2.42. The minimum atomic E-state index is -1.33. The van der Waals surface area contributed by atoms with Gasteiger partial charge in [0.15, 0.2) is 17.3 Å². The molecule has 0 saturated heterocycles. The van der Waals surface area contributed by atoms with E-state index in [0.717, 1.165) is 16.5 Å². The number of para-hydroxylation sites is 1. The Morgan fingerprint density at radius 2 is 1.56 bits per heavy atom. The second-order valence-corrected chi connectivity index (χ2v) is 10.0. The molecule has 1 amide bonds. The molecule has 1 atom stereocenters. The Kier molecular flexibility index (Phi) is 6.67. The second-order valence-electron chi connectivity index (χ2n) is 10.0. The summed E-state index contributed by atoms with van der Waals surface area (Å²) in [6.45, 7) is 1.81. The fourth-order valence-electron chi connectivity index (χ4n) is 4.72. The molecule has 8 heteroatoms. The molecule has 1 saturated carbocycles. The Morgan fingerprint density at radius 1 is 0.902 bits per heavy atom. The summed E-state index contributed by atoms with van der Waals surface area (Å²) in [6, 6.07) is 28.6. The summed E-state index contributed by atoms with van der Waals surface area (Å²) in [5.41, 5.74) is 2.68. The molecule has 0 spiro atoms. The van der Waals surface area contributed by atoms with Crippen LogP contribution in [0.3, 0.4) is 0 Å². The minimum Gasteiger partial charge on any atom is -0.478 e. The zero-order valence-electron chi connectivity index (χ0n) is 22.1. The third kappa shape index (κ3) is 5.24. The van der Waals surface area contributed by atoms with Crippen molar-refractivity contribution in [3.63, 3.8) is 0 Å². The summed E-state index contributed by atoms with van der Waals surface area (Å²) in [4.78, 5) is 24.3. The molecule has 206 valence electrons. The fraction of sp³-hybridized carbons (Fsp3) is 0.152. The van der Waals surface area contributed by atoms with Gasteiger partial charge in [0, 0.05) is 23.8 Å². The number of rotatable bonds is 8. The number of ether oxygens (including phenoxy) is 2. The standard InChI is InChI=1S/C33H26FNO6/c1-20(21-7-3-2-4-8-21)39-32(38)35-29-25-9-5-6-10-27(25)40-30(29)23-13-11-22(12-14-23)24-15-16-28(26(34)19-24)41-33(17-18-33)31(36)37/h2-16,19-20H,17-18H2,1H3,(H,35,38)(H,36,37)/t20-/m1/s1. The molecule has 4 aromatic carbocycles. The predicted molar refractivity (Wildman–Crippen MR) is 152 cm³/mol. The van der Waals surface area contributed by atoms with Crippen molar-refractivity contribution in [3.8, 4) is 28.2 Å². The van der Waals surface area contributed by atoms with Crippen LogP contribution in [-0.4, -0.2) is 22.8 Å². The number of hydrogen-bond acceptors (Lipinski definition) is 5. The summed E-state index contributed by atoms with van der Waals surface area (Å²) in [5.74, 6) is -1.35. The van der Waals surface area contributed by atoms with E-state index in [2.05, 4.69) is 5.32 Å². The number of nitrogens with one attached hydrogen (secondary N) is 1. The van der Waals surface area contributed by atoms with Gasteiger partial charge in [-0.1, -0.05) is 72.8 Å². The average molecular weight is 552 g/mol. The molecule has 0 radical (unpaired) electrons. The molecule has 7 nitrogen and oxygen atoms in total. The summed E-state index contributed by atoms with van der Waals surface area (Å²) in [7, 11) is 0. The van der Waals surface area contributed by atoms with E-state index < -0.39 is 29.6 Å². The van der Waals surface area contributed by atoms with Crippen molar-refractivity contribution in [2.24, 2.45) is 0 Å². The lowest BCUT2D eigenvalue weighted by Crippen LogP contribution is -2.29. The number of hydrogen-bond donors (Lipinski definition) is 2. The van der Waals surface area contributed by atoms with E-state index >= 15 is 0 Å². The number of carbonyl (C=O) groups is 2.